The van der Waals surface area contributed by atoms with Gasteiger partial charge < -0.3 is 10.2 Å². The van der Waals surface area contributed by atoms with Gasteiger partial charge >= 0.3 is 0 Å². The summed E-state index contributed by atoms with van der Waals surface area (Å²) in [6.45, 7) is 10.2. The first-order chi connectivity index (χ1) is 16.9. The number of carbonyl (C=O) groups excluding carboxylic acids is 1. The van der Waals surface area contributed by atoms with Crippen molar-refractivity contribution in [2.75, 3.05) is 18.0 Å². The van der Waals surface area contributed by atoms with Gasteiger partial charge in [0.15, 0.2) is 5.82 Å². The van der Waals surface area contributed by atoms with Gasteiger partial charge in [-0.3, -0.25) is 4.79 Å². The van der Waals surface area contributed by atoms with E-state index in [0.29, 0.717) is 13.1 Å². The van der Waals surface area contributed by atoms with Crippen LogP contribution in [0.2, 0.25) is 0 Å². The second-order valence-corrected chi connectivity index (χ2v) is 9.59. The summed E-state index contributed by atoms with van der Waals surface area (Å²) in [5.41, 5.74) is 7.32. The van der Waals surface area contributed by atoms with Gasteiger partial charge in [0, 0.05) is 19.6 Å². The zero-order valence-corrected chi connectivity index (χ0v) is 20.9. The largest absolute Gasteiger partial charge is 0.352 e. The van der Waals surface area contributed by atoms with E-state index in [4.69, 9.17) is 5.10 Å². The molecule has 1 aliphatic heterocycles. The van der Waals surface area contributed by atoms with Gasteiger partial charge in [-0.15, -0.1) is 5.10 Å². The van der Waals surface area contributed by atoms with E-state index < -0.39 is 0 Å². The Balaban J connectivity index is 1.40. The lowest BCUT2D eigenvalue weighted by atomic mass is 9.96. The summed E-state index contributed by atoms with van der Waals surface area (Å²) in [4.78, 5) is 15.2. The van der Waals surface area contributed by atoms with Gasteiger partial charge in [0.2, 0.25) is 5.91 Å². The molecule has 3 heterocycles. The van der Waals surface area contributed by atoms with E-state index in [0.717, 1.165) is 58.7 Å². The third kappa shape index (κ3) is 4.50. The molecule has 2 aromatic heterocycles. The van der Waals surface area contributed by atoms with Gasteiger partial charge in [0.25, 0.3) is 0 Å². The van der Waals surface area contributed by atoms with E-state index in [1.165, 1.54) is 11.1 Å². The maximum atomic E-state index is 13.1. The molecule has 0 saturated carbocycles. The van der Waals surface area contributed by atoms with Crippen molar-refractivity contribution in [1.82, 2.24) is 25.3 Å². The van der Waals surface area contributed by atoms with Crippen molar-refractivity contribution in [3.05, 3.63) is 76.6 Å². The minimum atomic E-state index is -0.0915. The molecule has 0 spiro atoms. The first kappa shape index (κ1) is 23.0. The predicted octanol–water partition coefficient (Wildman–Crippen LogP) is 4.58. The quantitative estimate of drug-likeness (QED) is 0.464. The van der Waals surface area contributed by atoms with Crippen LogP contribution in [-0.4, -0.2) is 39.0 Å². The van der Waals surface area contributed by atoms with Crippen molar-refractivity contribution in [2.24, 2.45) is 5.92 Å². The number of amides is 1. The molecule has 1 saturated heterocycles. The molecule has 7 heteroatoms. The Labute approximate surface area is 206 Å². The van der Waals surface area contributed by atoms with Crippen LogP contribution in [0.15, 0.2) is 48.5 Å². The molecule has 1 aliphatic rings. The average Bonchev–Trinajstić information content (AvgIpc) is 3.22. The minimum Gasteiger partial charge on any atom is -0.352 e. The molecule has 4 aromatic rings. The lowest BCUT2D eigenvalue weighted by Gasteiger charge is -2.32. The van der Waals surface area contributed by atoms with Crippen LogP contribution in [0.4, 0.5) is 5.82 Å². The lowest BCUT2D eigenvalue weighted by molar-refractivity contribution is -0.125. The number of benzene rings is 2. The molecule has 0 aliphatic carbocycles. The van der Waals surface area contributed by atoms with Crippen LogP contribution in [0.3, 0.4) is 0 Å². The van der Waals surface area contributed by atoms with Gasteiger partial charge in [0.1, 0.15) is 5.52 Å². The first-order valence-corrected chi connectivity index (χ1v) is 12.3. The third-order valence-electron chi connectivity index (χ3n) is 7.07. The highest BCUT2D eigenvalue weighted by Crippen LogP contribution is 2.31. The molecule has 35 heavy (non-hydrogen) atoms. The van der Waals surface area contributed by atoms with Crippen LogP contribution >= 0.6 is 0 Å². The van der Waals surface area contributed by atoms with E-state index in [-0.39, 0.29) is 11.8 Å². The van der Waals surface area contributed by atoms with Crippen molar-refractivity contribution >= 4 is 22.6 Å². The van der Waals surface area contributed by atoms with E-state index in [1.807, 2.05) is 23.7 Å². The maximum Gasteiger partial charge on any atom is 0.225 e. The number of carbonyl (C=O) groups is 1. The fraction of sp³-hybridized carbons (Fsp3) is 0.357. The van der Waals surface area contributed by atoms with Gasteiger partial charge in [0.05, 0.1) is 28.4 Å². The third-order valence-corrected chi connectivity index (χ3v) is 7.07. The van der Waals surface area contributed by atoms with Gasteiger partial charge in [-0.05, 0) is 63.8 Å². The zero-order chi connectivity index (χ0) is 24.5. The highest BCUT2D eigenvalue weighted by atomic mass is 16.1. The molecular weight excluding hydrogens is 436 g/mol. The summed E-state index contributed by atoms with van der Waals surface area (Å²) in [6.07, 6.45) is 1.80. The Hall–Kier alpha value is -3.74. The van der Waals surface area contributed by atoms with Crippen LogP contribution < -0.4 is 10.2 Å². The van der Waals surface area contributed by atoms with Crippen molar-refractivity contribution in [3.63, 3.8) is 0 Å². The van der Waals surface area contributed by atoms with Crippen LogP contribution in [-0.2, 0) is 11.3 Å². The second-order valence-electron chi connectivity index (χ2n) is 9.59. The number of piperidine rings is 1. The zero-order valence-electron chi connectivity index (χ0n) is 20.9. The van der Waals surface area contributed by atoms with E-state index >= 15 is 0 Å². The van der Waals surface area contributed by atoms with Crippen LogP contribution in [0.25, 0.3) is 16.6 Å². The van der Waals surface area contributed by atoms with E-state index in [9.17, 15) is 4.79 Å². The monoisotopic (exact) mass is 468 g/mol. The predicted molar refractivity (Wildman–Crippen MR) is 139 cm³/mol. The average molecular weight is 469 g/mol. The number of hydrogen-bond donors (Lipinski definition) is 1. The molecule has 7 nitrogen and oxygen atoms in total. The highest BCUT2D eigenvalue weighted by Gasteiger charge is 2.29. The molecule has 0 bridgehead atoms. The molecule has 0 unspecified atom stereocenters. The topological polar surface area (TPSA) is 75.9 Å². The van der Waals surface area contributed by atoms with E-state index in [1.54, 1.807) is 0 Å². The first-order valence-electron chi connectivity index (χ1n) is 12.3. The summed E-state index contributed by atoms with van der Waals surface area (Å²) in [6, 6.07) is 16.5. The number of nitrogens with one attached hydrogen (secondary N) is 1. The Morgan fingerprint density at radius 3 is 2.57 bits per heavy atom. The molecule has 1 atom stereocenters. The number of aromatic nitrogens is 4. The fourth-order valence-electron chi connectivity index (χ4n) is 4.98. The minimum absolute atomic E-state index is 0.0915. The molecule has 1 amide bonds. The summed E-state index contributed by atoms with van der Waals surface area (Å²) >= 11 is 0. The number of aryl methyl sites for hydroxylation is 4. The van der Waals surface area contributed by atoms with Crippen molar-refractivity contribution in [3.8, 4) is 5.69 Å². The maximum absolute atomic E-state index is 13.1. The number of hydrogen-bond acceptors (Lipinski definition) is 5. The molecule has 1 fully saturated rings. The summed E-state index contributed by atoms with van der Waals surface area (Å²) < 4.78 is 1.97. The Morgan fingerprint density at radius 1 is 1.03 bits per heavy atom. The smallest absolute Gasteiger partial charge is 0.225 e. The van der Waals surface area contributed by atoms with Crippen molar-refractivity contribution in [2.45, 2.75) is 47.1 Å². The Morgan fingerprint density at radius 2 is 1.80 bits per heavy atom. The molecular formula is C28H32N6O. The number of nitrogens with zero attached hydrogens (tertiary/aromatic N) is 5. The van der Waals surface area contributed by atoms with Crippen LogP contribution in [0, 0.1) is 33.6 Å². The summed E-state index contributed by atoms with van der Waals surface area (Å²) in [5, 5.41) is 18.2. The normalized spacial score (nSPS) is 16.0. The van der Waals surface area contributed by atoms with Crippen LogP contribution in [0.1, 0.15) is 40.9 Å². The molecule has 2 aromatic carbocycles. The number of anilines is 1. The molecule has 0 radical (unpaired) electrons. The second kappa shape index (κ2) is 9.49. The highest BCUT2D eigenvalue weighted by molar-refractivity contribution is 5.92. The standard InChI is InChI=1S/C28H32N6O/c1-18-11-13-24(14-12-18)34-21(4)25-20(3)30-31-27(26(25)32-34)33-15-7-10-23(17-33)28(35)29-16-22-9-6-5-8-19(22)2/h5-6,8-9,11-14,23H,7,10,15-17H2,1-4H3,(H,29,35)/t23-/m0/s1. The van der Waals surface area contributed by atoms with Crippen molar-refractivity contribution < 1.29 is 4.79 Å². The van der Waals surface area contributed by atoms with Gasteiger partial charge in [-0.25, -0.2) is 4.68 Å². The Bertz CT molecular complexity index is 1370. The van der Waals surface area contributed by atoms with Gasteiger partial charge in [-0.1, -0.05) is 42.0 Å². The van der Waals surface area contributed by atoms with E-state index in [2.05, 4.69) is 77.6 Å². The van der Waals surface area contributed by atoms with Gasteiger partial charge in [-0.2, -0.15) is 10.2 Å². The van der Waals surface area contributed by atoms with Crippen LogP contribution in [0.5, 0.6) is 0 Å². The van der Waals surface area contributed by atoms with Crippen molar-refractivity contribution in [1.29, 1.82) is 0 Å². The number of rotatable bonds is 5. The summed E-state index contributed by atoms with van der Waals surface area (Å²) in [7, 11) is 0. The molecule has 1 N–H and O–H groups in total. The summed E-state index contributed by atoms with van der Waals surface area (Å²) in [5.74, 6) is 0.762. The SMILES string of the molecule is Cc1ccc(-n2nc3c(N4CCC[C@H](C(=O)NCc5ccccc5C)C4)nnc(C)c3c2C)cc1. The Kier molecular flexibility index (Phi) is 6.24. The number of fused-ring (bicyclic) bond motifs is 1. The lowest BCUT2D eigenvalue weighted by Crippen LogP contribution is -2.43. The molecule has 180 valence electrons. The molecule has 5 rings (SSSR count). The fourth-order valence-corrected chi connectivity index (χ4v) is 4.98.